The average Bonchev–Trinajstić information content (AvgIpc) is 2.68. The lowest BCUT2D eigenvalue weighted by atomic mass is 9.75. The number of hydrogen-bond donors (Lipinski definition) is 1. The van der Waals surface area contributed by atoms with Gasteiger partial charge in [0.25, 0.3) is 0 Å². The largest absolute Gasteiger partial charge is 0.481 e. The average molecular weight is 283 g/mol. The quantitative estimate of drug-likeness (QED) is 0.860. The van der Waals surface area contributed by atoms with Crippen LogP contribution in [0.3, 0.4) is 0 Å². The predicted octanol–water partition coefficient (Wildman–Crippen LogP) is 2.90. The van der Waals surface area contributed by atoms with Crippen LogP contribution in [-0.2, 0) is 4.79 Å². The molecule has 6 heteroatoms. The molecule has 0 unspecified atom stereocenters. The van der Waals surface area contributed by atoms with Crippen LogP contribution in [-0.4, -0.2) is 31.6 Å². The van der Waals surface area contributed by atoms with Gasteiger partial charge in [-0.3, -0.25) is 4.79 Å². The summed E-state index contributed by atoms with van der Waals surface area (Å²) in [5.41, 5.74) is 0.423. The molecule has 2 rings (SSSR count). The van der Waals surface area contributed by atoms with E-state index in [2.05, 4.69) is 28.6 Å². The molecule has 19 heavy (non-hydrogen) atoms. The van der Waals surface area contributed by atoms with Gasteiger partial charge >= 0.3 is 5.97 Å². The number of aliphatic carboxylic acids is 1. The van der Waals surface area contributed by atoms with E-state index >= 15 is 0 Å². The van der Waals surface area contributed by atoms with Gasteiger partial charge in [0.1, 0.15) is 5.82 Å². The van der Waals surface area contributed by atoms with Gasteiger partial charge in [-0.25, -0.2) is 0 Å². The van der Waals surface area contributed by atoms with Crippen LogP contribution in [0.4, 0.5) is 0 Å². The molecule has 0 bridgehead atoms. The highest BCUT2D eigenvalue weighted by Gasteiger charge is 2.29. The summed E-state index contributed by atoms with van der Waals surface area (Å²) in [7, 11) is 0. The molecule has 1 heterocycles. The number of nitrogens with zero attached hydrogens (tertiary/aromatic N) is 3. The maximum atomic E-state index is 10.7. The van der Waals surface area contributed by atoms with Crippen molar-refractivity contribution in [3.8, 4) is 0 Å². The number of carboxylic acid groups (broad SMARTS) is 1. The van der Waals surface area contributed by atoms with Crippen LogP contribution in [0.1, 0.15) is 51.4 Å². The van der Waals surface area contributed by atoms with E-state index in [0.29, 0.717) is 11.5 Å². The van der Waals surface area contributed by atoms with Crippen LogP contribution in [0.15, 0.2) is 5.16 Å². The lowest BCUT2D eigenvalue weighted by molar-refractivity contribution is -0.133. The summed E-state index contributed by atoms with van der Waals surface area (Å²) in [6.07, 6.45) is 4.62. The van der Waals surface area contributed by atoms with Crippen molar-refractivity contribution in [3.05, 3.63) is 5.82 Å². The third-order valence-electron chi connectivity index (χ3n) is 3.83. The van der Waals surface area contributed by atoms with E-state index in [0.717, 1.165) is 23.8 Å². The first-order valence-corrected chi connectivity index (χ1v) is 7.64. The number of carboxylic acids is 1. The number of rotatable bonds is 4. The zero-order chi connectivity index (χ0) is 14.0. The van der Waals surface area contributed by atoms with Gasteiger partial charge in [-0.05, 0) is 38.0 Å². The second kappa shape index (κ2) is 5.53. The van der Waals surface area contributed by atoms with Crippen LogP contribution in [0.25, 0.3) is 0 Å². The summed E-state index contributed by atoms with van der Waals surface area (Å²) >= 11 is 1.26. The molecular formula is C13H21N3O2S. The lowest BCUT2D eigenvalue weighted by Crippen LogP contribution is -2.24. The van der Waals surface area contributed by atoms with E-state index in [1.165, 1.54) is 24.6 Å². The first kappa shape index (κ1) is 14.4. The summed E-state index contributed by atoms with van der Waals surface area (Å²) in [6, 6.07) is 0.416. The molecule has 1 aliphatic carbocycles. The van der Waals surface area contributed by atoms with Crippen LogP contribution >= 0.6 is 11.8 Å². The number of thioether (sulfide) groups is 1. The molecule has 0 aromatic carbocycles. The zero-order valence-corrected chi connectivity index (χ0v) is 12.5. The van der Waals surface area contributed by atoms with Crippen molar-refractivity contribution in [2.24, 2.45) is 5.41 Å². The molecule has 0 radical (unpaired) electrons. The van der Waals surface area contributed by atoms with E-state index in [1.54, 1.807) is 0 Å². The minimum Gasteiger partial charge on any atom is -0.481 e. The summed E-state index contributed by atoms with van der Waals surface area (Å²) in [5.74, 6) is 0.107. The highest BCUT2D eigenvalue weighted by Crippen LogP contribution is 2.41. The van der Waals surface area contributed by atoms with Crippen molar-refractivity contribution in [2.75, 3.05) is 5.75 Å². The van der Waals surface area contributed by atoms with Crippen molar-refractivity contribution in [1.29, 1.82) is 0 Å². The molecule has 0 atom stereocenters. The fourth-order valence-electron chi connectivity index (χ4n) is 2.64. The van der Waals surface area contributed by atoms with Gasteiger partial charge in [-0.15, -0.1) is 10.2 Å². The van der Waals surface area contributed by atoms with Crippen molar-refractivity contribution in [2.45, 2.75) is 57.7 Å². The van der Waals surface area contributed by atoms with Gasteiger partial charge in [0.15, 0.2) is 5.16 Å². The molecule has 0 spiro atoms. The predicted molar refractivity (Wildman–Crippen MR) is 74.4 cm³/mol. The molecule has 5 nitrogen and oxygen atoms in total. The molecule has 0 saturated heterocycles. The maximum absolute atomic E-state index is 10.7. The van der Waals surface area contributed by atoms with E-state index in [4.69, 9.17) is 5.11 Å². The summed E-state index contributed by atoms with van der Waals surface area (Å²) in [5, 5.41) is 17.7. The van der Waals surface area contributed by atoms with Gasteiger partial charge in [-0.1, -0.05) is 25.6 Å². The van der Waals surface area contributed by atoms with Gasteiger partial charge < -0.3 is 9.67 Å². The molecule has 1 aromatic heterocycles. The molecule has 0 aliphatic heterocycles. The second-order valence-corrected chi connectivity index (χ2v) is 6.92. The van der Waals surface area contributed by atoms with Gasteiger partial charge in [0, 0.05) is 6.04 Å². The Hall–Kier alpha value is -1.04. The molecular weight excluding hydrogens is 262 g/mol. The Morgan fingerprint density at radius 3 is 2.63 bits per heavy atom. The fourth-order valence-corrected chi connectivity index (χ4v) is 3.41. The van der Waals surface area contributed by atoms with E-state index in [1.807, 2.05) is 6.92 Å². The fraction of sp³-hybridized carbons (Fsp3) is 0.769. The van der Waals surface area contributed by atoms with Crippen molar-refractivity contribution >= 4 is 17.7 Å². The van der Waals surface area contributed by atoms with Crippen LogP contribution in [0.2, 0.25) is 0 Å². The summed E-state index contributed by atoms with van der Waals surface area (Å²) in [4.78, 5) is 10.7. The minimum atomic E-state index is -0.818. The Labute approximate surface area is 117 Å². The van der Waals surface area contributed by atoms with E-state index in [9.17, 15) is 4.79 Å². The first-order chi connectivity index (χ1) is 8.89. The number of aryl methyl sites for hydroxylation is 1. The van der Waals surface area contributed by atoms with Crippen molar-refractivity contribution in [3.63, 3.8) is 0 Å². The molecule has 1 fully saturated rings. The molecule has 1 saturated carbocycles. The summed E-state index contributed by atoms with van der Waals surface area (Å²) in [6.45, 7) is 6.56. The molecule has 106 valence electrons. The van der Waals surface area contributed by atoms with Gasteiger partial charge in [-0.2, -0.15) is 0 Å². The third kappa shape index (κ3) is 3.49. The molecule has 1 aromatic rings. The molecule has 1 N–H and O–H groups in total. The highest BCUT2D eigenvalue weighted by atomic mass is 32.2. The first-order valence-electron chi connectivity index (χ1n) is 6.65. The Bertz CT molecular complexity index is 460. The normalized spacial score (nSPS) is 19.5. The van der Waals surface area contributed by atoms with Crippen LogP contribution in [0, 0.1) is 12.3 Å². The Morgan fingerprint density at radius 1 is 1.42 bits per heavy atom. The lowest BCUT2D eigenvalue weighted by Gasteiger charge is -2.35. The van der Waals surface area contributed by atoms with E-state index < -0.39 is 5.97 Å². The maximum Gasteiger partial charge on any atom is 0.313 e. The molecule has 1 aliphatic rings. The smallest absolute Gasteiger partial charge is 0.313 e. The number of carbonyl (C=O) groups is 1. The SMILES string of the molecule is Cc1nnc(SCC(=O)O)n1C1CCC(C)(C)CC1. The highest BCUT2D eigenvalue weighted by molar-refractivity contribution is 7.99. The molecule has 0 amide bonds. The van der Waals surface area contributed by atoms with E-state index in [-0.39, 0.29) is 5.75 Å². The van der Waals surface area contributed by atoms with Crippen LogP contribution in [0.5, 0.6) is 0 Å². The standard InChI is InChI=1S/C13H21N3O2S/c1-9-14-15-12(19-8-11(17)18)16(9)10-4-6-13(2,3)7-5-10/h10H,4-8H2,1-3H3,(H,17,18). The Kier molecular flexibility index (Phi) is 4.18. The van der Waals surface area contributed by atoms with Crippen molar-refractivity contribution < 1.29 is 9.90 Å². The Morgan fingerprint density at radius 2 is 2.05 bits per heavy atom. The van der Waals surface area contributed by atoms with Gasteiger partial charge in [0.2, 0.25) is 0 Å². The topological polar surface area (TPSA) is 68.0 Å². The monoisotopic (exact) mass is 283 g/mol. The number of aromatic nitrogens is 3. The number of hydrogen-bond acceptors (Lipinski definition) is 4. The van der Waals surface area contributed by atoms with Gasteiger partial charge in [0.05, 0.1) is 5.75 Å². The second-order valence-electron chi connectivity index (χ2n) is 5.98. The zero-order valence-electron chi connectivity index (χ0n) is 11.7. The Balaban J connectivity index is 2.11. The third-order valence-corrected chi connectivity index (χ3v) is 4.76. The minimum absolute atomic E-state index is 0.0380. The summed E-state index contributed by atoms with van der Waals surface area (Å²) < 4.78 is 2.13. The van der Waals surface area contributed by atoms with Crippen molar-refractivity contribution in [1.82, 2.24) is 14.8 Å². The van der Waals surface area contributed by atoms with Crippen LogP contribution < -0.4 is 0 Å².